The molecule has 2 heterocycles. The molecule has 0 radical (unpaired) electrons. The average Bonchev–Trinajstić information content (AvgIpc) is 3.35. The van der Waals surface area contributed by atoms with Crippen molar-refractivity contribution in [3.63, 3.8) is 0 Å². The van der Waals surface area contributed by atoms with Gasteiger partial charge in [-0.2, -0.15) is 11.8 Å². The fourth-order valence-corrected chi connectivity index (χ4v) is 4.43. The standard InChI is InChI=1S/C23H22ClFN2OS/c1-16-4-6-17(7-5-16)14-29-15-20-13-28-23(26-20)22-3-2-10-27(22)12-18-8-9-19(25)11-21(18)24/h2-11,20H,12-15H2,1H3. The third-order valence-corrected chi connectivity index (χ3v) is 6.33. The largest absolute Gasteiger partial charge is 0.474 e. The van der Waals surface area contributed by atoms with Crippen LogP contribution in [0.2, 0.25) is 5.02 Å². The first kappa shape index (κ1) is 20.0. The first-order valence-electron chi connectivity index (χ1n) is 9.52. The highest BCUT2D eigenvalue weighted by Gasteiger charge is 2.22. The second-order valence-electron chi connectivity index (χ2n) is 7.16. The Bertz CT molecular complexity index is 1020. The zero-order chi connectivity index (χ0) is 20.2. The highest BCUT2D eigenvalue weighted by Crippen LogP contribution is 2.22. The lowest BCUT2D eigenvalue weighted by molar-refractivity contribution is 0.323. The van der Waals surface area contributed by atoms with Crippen LogP contribution in [0.4, 0.5) is 4.39 Å². The van der Waals surface area contributed by atoms with Gasteiger partial charge in [-0.15, -0.1) is 0 Å². The van der Waals surface area contributed by atoms with E-state index in [0.717, 1.165) is 22.8 Å². The van der Waals surface area contributed by atoms with Crippen LogP contribution in [0.5, 0.6) is 0 Å². The van der Waals surface area contributed by atoms with Crippen LogP contribution in [0.1, 0.15) is 22.4 Å². The summed E-state index contributed by atoms with van der Waals surface area (Å²) in [6.07, 6.45) is 1.96. The van der Waals surface area contributed by atoms with Crippen LogP contribution < -0.4 is 0 Å². The maximum absolute atomic E-state index is 13.3. The number of hydrogen-bond donors (Lipinski definition) is 0. The van der Waals surface area contributed by atoms with Gasteiger partial charge in [0.05, 0.1) is 6.04 Å². The van der Waals surface area contributed by atoms with E-state index in [-0.39, 0.29) is 11.9 Å². The number of hydrogen-bond acceptors (Lipinski definition) is 3. The normalized spacial score (nSPS) is 16.0. The molecule has 3 aromatic rings. The third-order valence-electron chi connectivity index (χ3n) is 4.82. The number of nitrogens with zero attached hydrogens (tertiary/aromatic N) is 2. The zero-order valence-electron chi connectivity index (χ0n) is 16.1. The molecule has 0 bridgehead atoms. The molecular weight excluding hydrogens is 407 g/mol. The second kappa shape index (κ2) is 9.06. The smallest absolute Gasteiger partial charge is 0.233 e. The van der Waals surface area contributed by atoms with Gasteiger partial charge in [-0.25, -0.2) is 9.38 Å². The summed E-state index contributed by atoms with van der Waals surface area (Å²) in [5.74, 6) is 2.22. The van der Waals surface area contributed by atoms with E-state index in [2.05, 4.69) is 31.2 Å². The fourth-order valence-electron chi connectivity index (χ4n) is 3.22. The van der Waals surface area contributed by atoms with Crippen LogP contribution in [-0.2, 0) is 17.0 Å². The van der Waals surface area contributed by atoms with Crippen LogP contribution >= 0.6 is 23.4 Å². The summed E-state index contributed by atoms with van der Waals surface area (Å²) in [4.78, 5) is 4.77. The predicted molar refractivity (Wildman–Crippen MR) is 119 cm³/mol. The van der Waals surface area contributed by atoms with Crippen molar-refractivity contribution in [1.29, 1.82) is 0 Å². The minimum Gasteiger partial charge on any atom is -0.474 e. The number of benzene rings is 2. The molecule has 1 unspecified atom stereocenters. The Morgan fingerprint density at radius 2 is 2.03 bits per heavy atom. The molecule has 0 spiro atoms. The van der Waals surface area contributed by atoms with Crippen LogP contribution in [0.3, 0.4) is 0 Å². The summed E-state index contributed by atoms with van der Waals surface area (Å²) >= 11 is 8.05. The van der Waals surface area contributed by atoms with E-state index in [4.69, 9.17) is 21.3 Å². The lowest BCUT2D eigenvalue weighted by Crippen LogP contribution is -2.11. The number of aromatic nitrogens is 1. The summed E-state index contributed by atoms with van der Waals surface area (Å²) in [5.41, 5.74) is 4.38. The van der Waals surface area contributed by atoms with Gasteiger partial charge in [0, 0.05) is 29.3 Å². The second-order valence-corrected chi connectivity index (χ2v) is 8.59. The third kappa shape index (κ3) is 5.03. The number of ether oxygens (including phenoxy) is 1. The summed E-state index contributed by atoms with van der Waals surface area (Å²) in [7, 11) is 0. The van der Waals surface area contributed by atoms with E-state index in [1.165, 1.54) is 23.3 Å². The van der Waals surface area contributed by atoms with Crippen molar-refractivity contribution in [2.24, 2.45) is 4.99 Å². The lowest BCUT2D eigenvalue weighted by atomic mass is 10.2. The van der Waals surface area contributed by atoms with Crippen LogP contribution in [0.25, 0.3) is 0 Å². The van der Waals surface area contributed by atoms with Gasteiger partial charge in [-0.3, -0.25) is 0 Å². The SMILES string of the molecule is Cc1ccc(CSCC2COC(c3cccn3Cc3ccc(F)cc3Cl)=N2)cc1. The Kier molecular flexibility index (Phi) is 6.26. The minimum atomic E-state index is -0.332. The molecule has 0 fully saturated rings. The molecule has 0 saturated heterocycles. The van der Waals surface area contributed by atoms with Crippen molar-refractivity contribution in [2.45, 2.75) is 25.3 Å². The molecule has 0 saturated carbocycles. The van der Waals surface area contributed by atoms with Gasteiger partial charge in [0.1, 0.15) is 18.1 Å². The van der Waals surface area contributed by atoms with Gasteiger partial charge in [-0.1, -0.05) is 47.5 Å². The Hall–Kier alpha value is -2.24. The first-order chi connectivity index (χ1) is 14.1. The molecule has 0 amide bonds. The van der Waals surface area contributed by atoms with Crippen molar-refractivity contribution in [3.8, 4) is 0 Å². The first-order valence-corrected chi connectivity index (χ1v) is 11.0. The number of aryl methyl sites for hydroxylation is 1. The molecule has 1 aliphatic heterocycles. The highest BCUT2D eigenvalue weighted by molar-refractivity contribution is 7.98. The van der Waals surface area contributed by atoms with Gasteiger partial charge >= 0.3 is 0 Å². The van der Waals surface area contributed by atoms with Crippen molar-refractivity contribution in [3.05, 3.63) is 94.0 Å². The van der Waals surface area contributed by atoms with E-state index in [1.54, 1.807) is 6.07 Å². The summed E-state index contributed by atoms with van der Waals surface area (Å²) < 4.78 is 21.2. The summed E-state index contributed by atoms with van der Waals surface area (Å²) in [6.45, 7) is 3.23. The zero-order valence-corrected chi connectivity index (χ0v) is 17.7. The van der Waals surface area contributed by atoms with Crippen molar-refractivity contribution in [2.75, 3.05) is 12.4 Å². The lowest BCUT2D eigenvalue weighted by Gasteiger charge is -2.10. The maximum atomic E-state index is 13.3. The topological polar surface area (TPSA) is 26.5 Å². The van der Waals surface area contributed by atoms with Gasteiger partial charge < -0.3 is 9.30 Å². The molecule has 3 nitrogen and oxygen atoms in total. The monoisotopic (exact) mass is 428 g/mol. The van der Waals surface area contributed by atoms with Gasteiger partial charge in [0.25, 0.3) is 0 Å². The molecule has 1 aliphatic rings. The van der Waals surface area contributed by atoms with E-state index in [9.17, 15) is 4.39 Å². The Morgan fingerprint density at radius 1 is 1.21 bits per heavy atom. The summed E-state index contributed by atoms with van der Waals surface area (Å²) in [5, 5.41) is 0.421. The molecule has 29 heavy (non-hydrogen) atoms. The van der Waals surface area contributed by atoms with Crippen molar-refractivity contribution >= 4 is 29.3 Å². The van der Waals surface area contributed by atoms with Gasteiger partial charge in [0.15, 0.2) is 0 Å². The molecule has 6 heteroatoms. The molecule has 1 aromatic heterocycles. The van der Waals surface area contributed by atoms with Crippen LogP contribution in [0, 0.1) is 12.7 Å². The predicted octanol–water partition coefficient (Wildman–Crippen LogP) is 5.72. The Labute approximate surface area is 179 Å². The van der Waals surface area contributed by atoms with E-state index < -0.39 is 0 Å². The van der Waals surface area contributed by atoms with Gasteiger partial charge in [0.2, 0.25) is 5.90 Å². The number of aliphatic imine (C=N–C) groups is 1. The fraction of sp³-hybridized carbons (Fsp3) is 0.261. The van der Waals surface area contributed by atoms with E-state index in [0.29, 0.717) is 24.1 Å². The Balaban J connectivity index is 1.38. The van der Waals surface area contributed by atoms with E-state index >= 15 is 0 Å². The molecule has 1 atom stereocenters. The molecule has 0 N–H and O–H groups in total. The molecular formula is C23H22ClFN2OS. The van der Waals surface area contributed by atoms with E-state index in [1.807, 2.05) is 34.7 Å². The van der Waals surface area contributed by atoms with Crippen molar-refractivity contribution in [1.82, 2.24) is 4.57 Å². The number of rotatable bonds is 7. The summed E-state index contributed by atoms with van der Waals surface area (Å²) in [6, 6.07) is 17.2. The highest BCUT2D eigenvalue weighted by atomic mass is 35.5. The quantitative estimate of drug-likeness (QED) is 0.481. The maximum Gasteiger partial charge on any atom is 0.233 e. The minimum absolute atomic E-state index is 0.151. The number of halogens is 2. The number of thioether (sulfide) groups is 1. The van der Waals surface area contributed by atoms with Crippen molar-refractivity contribution < 1.29 is 9.13 Å². The van der Waals surface area contributed by atoms with Crippen LogP contribution in [-0.4, -0.2) is 28.9 Å². The Morgan fingerprint density at radius 3 is 2.83 bits per heavy atom. The molecule has 4 rings (SSSR count). The van der Waals surface area contributed by atoms with Crippen LogP contribution in [0.15, 0.2) is 65.8 Å². The molecule has 0 aliphatic carbocycles. The van der Waals surface area contributed by atoms with Gasteiger partial charge in [-0.05, 0) is 42.3 Å². The average molecular weight is 429 g/mol. The molecule has 2 aromatic carbocycles. The molecule has 150 valence electrons.